The summed E-state index contributed by atoms with van der Waals surface area (Å²) in [6.45, 7) is 3.93. The van der Waals surface area contributed by atoms with Gasteiger partial charge in [0, 0.05) is 17.7 Å². The van der Waals surface area contributed by atoms with Crippen LogP contribution in [0.4, 0.5) is 5.69 Å². The maximum absolute atomic E-state index is 5.81. The first-order chi connectivity index (χ1) is 7.22. The van der Waals surface area contributed by atoms with E-state index in [0.717, 1.165) is 23.2 Å². The van der Waals surface area contributed by atoms with Crippen molar-refractivity contribution >= 4 is 5.69 Å². The second-order valence-corrected chi connectivity index (χ2v) is 3.39. The minimum absolute atomic E-state index is 0.539. The monoisotopic (exact) mass is 203 g/mol. The molecule has 15 heavy (non-hydrogen) atoms. The number of hydrogen-bond donors (Lipinski definition) is 1. The van der Waals surface area contributed by atoms with Crippen molar-refractivity contribution in [2.24, 2.45) is 0 Å². The second-order valence-electron chi connectivity index (χ2n) is 3.39. The second kappa shape index (κ2) is 3.73. The van der Waals surface area contributed by atoms with Crippen molar-refractivity contribution in [2.75, 3.05) is 5.73 Å². The molecular weight excluding hydrogens is 190 g/mol. The Labute approximate surface area is 88.1 Å². The molecule has 0 unspecified atom stereocenters. The largest absolute Gasteiger partial charge is 0.398 e. The molecule has 78 valence electrons. The molecule has 1 heterocycles. The lowest BCUT2D eigenvalue weighted by molar-refractivity contribution is 0.423. The molecule has 0 fully saturated rings. The highest BCUT2D eigenvalue weighted by atomic mass is 16.5. The number of nitrogens with two attached hydrogens (primary N) is 1. The third-order valence-electron chi connectivity index (χ3n) is 2.39. The van der Waals surface area contributed by atoms with Crippen LogP contribution in [0, 0.1) is 6.92 Å². The summed E-state index contributed by atoms with van der Waals surface area (Å²) in [4.78, 5) is 4.27. The lowest BCUT2D eigenvalue weighted by Crippen LogP contribution is -1.92. The third-order valence-corrected chi connectivity index (χ3v) is 2.39. The maximum Gasteiger partial charge on any atom is 0.258 e. The van der Waals surface area contributed by atoms with Crippen LogP contribution < -0.4 is 5.73 Å². The fourth-order valence-corrected chi connectivity index (χ4v) is 1.39. The number of rotatable bonds is 2. The van der Waals surface area contributed by atoms with E-state index >= 15 is 0 Å². The summed E-state index contributed by atoms with van der Waals surface area (Å²) in [6, 6.07) is 5.67. The fraction of sp³-hybridized carbons (Fsp3) is 0.273. The highest BCUT2D eigenvalue weighted by molar-refractivity contribution is 5.66. The Hall–Kier alpha value is -1.84. The number of anilines is 1. The van der Waals surface area contributed by atoms with Crippen molar-refractivity contribution in [3.63, 3.8) is 0 Å². The van der Waals surface area contributed by atoms with Crippen LogP contribution in [0.2, 0.25) is 0 Å². The lowest BCUT2D eigenvalue weighted by atomic mass is 10.1. The minimum Gasteiger partial charge on any atom is -0.398 e. The van der Waals surface area contributed by atoms with Crippen LogP contribution in [0.5, 0.6) is 0 Å². The molecule has 2 rings (SSSR count). The first-order valence-corrected chi connectivity index (χ1v) is 4.90. The first kappa shape index (κ1) is 9.71. The van der Waals surface area contributed by atoms with Gasteiger partial charge in [0.15, 0.2) is 5.82 Å². The molecule has 0 atom stereocenters. The molecule has 0 aliphatic heterocycles. The van der Waals surface area contributed by atoms with Crippen LogP contribution in [-0.4, -0.2) is 10.1 Å². The summed E-state index contributed by atoms with van der Waals surface area (Å²) in [5, 5.41) is 3.85. The van der Waals surface area contributed by atoms with Crippen LogP contribution in [0.1, 0.15) is 18.3 Å². The number of aryl methyl sites for hydroxylation is 1. The van der Waals surface area contributed by atoms with E-state index in [9.17, 15) is 0 Å². The van der Waals surface area contributed by atoms with Gasteiger partial charge in [-0.3, -0.25) is 0 Å². The van der Waals surface area contributed by atoms with E-state index in [-0.39, 0.29) is 0 Å². The predicted molar refractivity (Wildman–Crippen MR) is 58.3 cm³/mol. The molecule has 0 amide bonds. The summed E-state index contributed by atoms with van der Waals surface area (Å²) in [7, 11) is 0. The summed E-state index contributed by atoms with van der Waals surface area (Å²) in [6.07, 6.45) is 0.769. The highest BCUT2D eigenvalue weighted by Crippen LogP contribution is 2.25. The van der Waals surface area contributed by atoms with Gasteiger partial charge in [0.05, 0.1) is 0 Å². The molecule has 0 radical (unpaired) electrons. The minimum atomic E-state index is 0.539. The standard InChI is InChI=1S/C11H13N3O/c1-3-10-13-11(15-14-10)8-5-4-6-9(12)7(8)2/h4-6H,3,12H2,1-2H3. The zero-order valence-corrected chi connectivity index (χ0v) is 8.82. The highest BCUT2D eigenvalue weighted by Gasteiger charge is 2.11. The van der Waals surface area contributed by atoms with Crippen LogP contribution in [0.25, 0.3) is 11.5 Å². The van der Waals surface area contributed by atoms with Crippen molar-refractivity contribution in [1.29, 1.82) is 0 Å². The zero-order chi connectivity index (χ0) is 10.8. The average Bonchev–Trinajstić information content (AvgIpc) is 2.70. The topological polar surface area (TPSA) is 64.9 Å². The first-order valence-electron chi connectivity index (χ1n) is 4.90. The normalized spacial score (nSPS) is 10.5. The Morgan fingerprint density at radius 2 is 2.20 bits per heavy atom. The van der Waals surface area contributed by atoms with E-state index in [1.54, 1.807) is 0 Å². The van der Waals surface area contributed by atoms with Crippen molar-refractivity contribution in [2.45, 2.75) is 20.3 Å². The molecule has 0 aliphatic carbocycles. The fourth-order valence-electron chi connectivity index (χ4n) is 1.39. The van der Waals surface area contributed by atoms with Gasteiger partial charge >= 0.3 is 0 Å². The molecule has 0 aliphatic rings. The molecule has 2 N–H and O–H groups in total. The number of nitrogen functional groups attached to an aromatic ring is 1. The Bertz CT molecular complexity index is 476. The summed E-state index contributed by atoms with van der Waals surface area (Å²) >= 11 is 0. The van der Waals surface area contributed by atoms with E-state index in [1.807, 2.05) is 32.0 Å². The quantitative estimate of drug-likeness (QED) is 0.760. The van der Waals surface area contributed by atoms with E-state index in [4.69, 9.17) is 10.3 Å². The van der Waals surface area contributed by atoms with Crippen LogP contribution in [0.15, 0.2) is 22.7 Å². The van der Waals surface area contributed by atoms with Crippen molar-refractivity contribution in [3.8, 4) is 11.5 Å². The summed E-state index contributed by atoms with van der Waals surface area (Å²) < 4.78 is 5.16. The van der Waals surface area contributed by atoms with Crippen LogP contribution >= 0.6 is 0 Å². The SMILES string of the molecule is CCc1noc(-c2cccc(N)c2C)n1. The molecule has 0 saturated heterocycles. The van der Waals surface area contributed by atoms with Gasteiger partial charge in [-0.2, -0.15) is 4.98 Å². The number of hydrogen-bond acceptors (Lipinski definition) is 4. The molecule has 0 bridgehead atoms. The van der Waals surface area contributed by atoms with Gasteiger partial charge < -0.3 is 10.3 Å². The van der Waals surface area contributed by atoms with Gasteiger partial charge in [0.2, 0.25) is 0 Å². The van der Waals surface area contributed by atoms with Gasteiger partial charge in [0.1, 0.15) is 0 Å². The molecule has 2 aromatic rings. The third kappa shape index (κ3) is 1.70. The molecule has 4 heteroatoms. The van der Waals surface area contributed by atoms with Crippen LogP contribution in [-0.2, 0) is 6.42 Å². The van der Waals surface area contributed by atoms with Gasteiger partial charge in [-0.15, -0.1) is 0 Å². The maximum atomic E-state index is 5.81. The van der Waals surface area contributed by atoms with Gasteiger partial charge in [0.25, 0.3) is 5.89 Å². The molecule has 0 saturated carbocycles. The van der Waals surface area contributed by atoms with E-state index in [0.29, 0.717) is 11.7 Å². The molecule has 0 spiro atoms. The van der Waals surface area contributed by atoms with E-state index in [1.165, 1.54) is 0 Å². The number of benzene rings is 1. The van der Waals surface area contributed by atoms with Crippen molar-refractivity contribution < 1.29 is 4.52 Å². The van der Waals surface area contributed by atoms with Gasteiger partial charge in [-0.25, -0.2) is 0 Å². The zero-order valence-electron chi connectivity index (χ0n) is 8.82. The van der Waals surface area contributed by atoms with Gasteiger partial charge in [-0.1, -0.05) is 18.1 Å². The van der Waals surface area contributed by atoms with Gasteiger partial charge in [-0.05, 0) is 24.6 Å². The molecular formula is C11H13N3O. The van der Waals surface area contributed by atoms with Crippen LogP contribution in [0.3, 0.4) is 0 Å². The smallest absolute Gasteiger partial charge is 0.258 e. The lowest BCUT2D eigenvalue weighted by Gasteiger charge is -2.02. The Morgan fingerprint density at radius 3 is 2.87 bits per heavy atom. The Balaban J connectivity index is 2.49. The van der Waals surface area contributed by atoms with E-state index < -0.39 is 0 Å². The van der Waals surface area contributed by atoms with E-state index in [2.05, 4.69) is 10.1 Å². The predicted octanol–water partition coefficient (Wildman–Crippen LogP) is 2.19. The number of aromatic nitrogens is 2. The molecule has 1 aromatic carbocycles. The Morgan fingerprint density at radius 1 is 1.40 bits per heavy atom. The molecule has 4 nitrogen and oxygen atoms in total. The molecule has 1 aromatic heterocycles. The van der Waals surface area contributed by atoms with Crippen molar-refractivity contribution in [1.82, 2.24) is 10.1 Å². The average molecular weight is 203 g/mol. The van der Waals surface area contributed by atoms with Crippen molar-refractivity contribution in [3.05, 3.63) is 29.6 Å². The summed E-state index contributed by atoms with van der Waals surface area (Å²) in [5.41, 5.74) is 8.43. The Kier molecular flexibility index (Phi) is 2.41. The number of nitrogens with zero attached hydrogens (tertiary/aromatic N) is 2. The summed E-state index contributed by atoms with van der Waals surface area (Å²) in [5.74, 6) is 1.25.